The van der Waals surface area contributed by atoms with Gasteiger partial charge in [-0.15, -0.1) is 11.3 Å². The van der Waals surface area contributed by atoms with Crippen LogP contribution in [0.2, 0.25) is 0 Å². The predicted molar refractivity (Wildman–Crippen MR) is 59.6 cm³/mol. The Balaban J connectivity index is 2.11. The second-order valence-electron chi connectivity index (χ2n) is 4.23. The third-order valence-electron chi connectivity index (χ3n) is 2.07. The highest BCUT2D eigenvalue weighted by Gasteiger charge is 2.14. The normalized spacial score (nSPS) is 11.9. The van der Waals surface area contributed by atoms with Gasteiger partial charge in [0.2, 0.25) is 0 Å². The summed E-state index contributed by atoms with van der Waals surface area (Å²) in [6.45, 7) is 6.07. The van der Waals surface area contributed by atoms with Gasteiger partial charge in [0.25, 0.3) is 0 Å². The molecule has 0 aromatic carbocycles. The van der Waals surface area contributed by atoms with Crippen molar-refractivity contribution in [2.45, 2.75) is 20.3 Å². The number of hydrogen-bond donors (Lipinski definition) is 2. The Hall–Kier alpha value is -0.450. The molecule has 0 fully saturated rings. The van der Waals surface area contributed by atoms with Crippen LogP contribution in [0.3, 0.4) is 0 Å². The molecule has 0 radical (unpaired) electrons. The zero-order valence-electron chi connectivity index (χ0n) is 8.79. The first-order chi connectivity index (χ1) is 6.64. The van der Waals surface area contributed by atoms with Crippen molar-refractivity contribution in [3.8, 4) is 0 Å². The number of aromatic nitrogens is 1. The highest BCUT2D eigenvalue weighted by Crippen LogP contribution is 2.11. The van der Waals surface area contributed by atoms with Gasteiger partial charge < -0.3 is 10.4 Å². The highest BCUT2D eigenvalue weighted by atomic mass is 32.1. The van der Waals surface area contributed by atoms with Crippen LogP contribution in [0.15, 0.2) is 10.9 Å². The van der Waals surface area contributed by atoms with E-state index in [2.05, 4.69) is 15.7 Å². The van der Waals surface area contributed by atoms with Gasteiger partial charge in [-0.05, 0) is 0 Å². The molecule has 1 heterocycles. The van der Waals surface area contributed by atoms with Gasteiger partial charge in [-0.1, -0.05) is 13.8 Å². The van der Waals surface area contributed by atoms with Crippen LogP contribution in [0.1, 0.15) is 19.5 Å². The lowest BCUT2D eigenvalue weighted by atomic mass is 9.95. The summed E-state index contributed by atoms with van der Waals surface area (Å²) in [7, 11) is 0. The van der Waals surface area contributed by atoms with Crippen LogP contribution in [0.4, 0.5) is 0 Å². The number of aliphatic hydroxyl groups excluding tert-OH is 1. The molecule has 14 heavy (non-hydrogen) atoms. The molecule has 0 saturated carbocycles. The largest absolute Gasteiger partial charge is 0.396 e. The Labute approximate surface area is 89.2 Å². The summed E-state index contributed by atoms with van der Waals surface area (Å²) < 4.78 is 0. The van der Waals surface area contributed by atoms with Gasteiger partial charge in [0.15, 0.2) is 0 Å². The fraction of sp³-hybridized carbons (Fsp3) is 0.700. The SMILES string of the molecule is CC(C)(CO)CNCCc1cscn1. The second kappa shape index (κ2) is 5.44. The van der Waals surface area contributed by atoms with E-state index in [0.717, 1.165) is 25.2 Å². The quantitative estimate of drug-likeness (QED) is 0.701. The zero-order valence-corrected chi connectivity index (χ0v) is 9.60. The van der Waals surface area contributed by atoms with Gasteiger partial charge in [0, 0.05) is 36.9 Å². The Morgan fingerprint density at radius 3 is 2.93 bits per heavy atom. The van der Waals surface area contributed by atoms with E-state index in [-0.39, 0.29) is 12.0 Å². The molecule has 80 valence electrons. The number of nitrogens with zero attached hydrogens (tertiary/aromatic N) is 1. The Morgan fingerprint density at radius 2 is 2.36 bits per heavy atom. The molecule has 0 saturated heterocycles. The van der Waals surface area contributed by atoms with Crippen molar-refractivity contribution in [2.75, 3.05) is 19.7 Å². The number of thiazole rings is 1. The van der Waals surface area contributed by atoms with E-state index in [1.165, 1.54) is 0 Å². The summed E-state index contributed by atoms with van der Waals surface area (Å²) in [6.07, 6.45) is 0.963. The molecular formula is C10H18N2OS. The van der Waals surface area contributed by atoms with Crippen molar-refractivity contribution < 1.29 is 5.11 Å². The maximum Gasteiger partial charge on any atom is 0.0794 e. The molecule has 0 aliphatic rings. The standard InChI is InChI=1S/C10H18N2OS/c1-10(2,7-13)6-11-4-3-9-5-14-8-12-9/h5,8,11,13H,3-4,6-7H2,1-2H3. The molecule has 2 N–H and O–H groups in total. The molecule has 4 heteroatoms. The second-order valence-corrected chi connectivity index (χ2v) is 4.95. The Kier molecular flexibility index (Phi) is 4.51. The third kappa shape index (κ3) is 4.17. The summed E-state index contributed by atoms with van der Waals surface area (Å²) >= 11 is 1.63. The lowest BCUT2D eigenvalue weighted by molar-refractivity contribution is 0.157. The highest BCUT2D eigenvalue weighted by molar-refractivity contribution is 7.07. The van der Waals surface area contributed by atoms with Crippen molar-refractivity contribution in [1.82, 2.24) is 10.3 Å². The van der Waals surface area contributed by atoms with E-state index in [1.54, 1.807) is 11.3 Å². The molecule has 0 unspecified atom stereocenters. The molecule has 3 nitrogen and oxygen atoms in total. The molecule has 1 aromatic rings. The van der Waals surface area contributed by atoms with Crippen molar-refractivity contribution in [3.63, 3.8) is 0 Å². The van der Waals surface area contributed by atoms with Gasteiger partial charge in [0.1, 0.15) is 0 Å². The van der Waals surface area contributed by atoms with E-state index in [9.17, 15) is 0 Å². The lowest BCUT2D eigenvalue weighted by Crippen LogP contribution is -2.33. The van der Waals surface area contributed by atoms with Crippen LogP contribution in [-0.2, 0) is 6.42 Å². The first kappa shape index (κ1) is 11.6. The molecular weight excluding hydrogens is 196 g/mol. The third-order valence-corrected chi connectivity index (χ3v) is 2.71. The van der Waals surface area contributed by atoms with Gasteiger partial charge >= 0.3 is 0 Å². The molecule has 0 aliphatic heterocycles. The minimum absolute atomic E-state index is 0.0257. The van der Waals surface area contributed by atoms with Crippen LogP contribution in [0.25, 0.3) is 0 Å². The van der Waals surface area contributed by atoms with Crippen molar-refractivity contribution in [2.24, 2.45) is 5.41 Å². The monoisotopic (exact) mass is 214 g/mol. The number of hydrogen-bond acceptors (Lipinski definition) is 4. The number of nitrogens with one attached hydrogen (secondary N) is 1. The predicted octanol–water partition coefficient (Wildman–Crippen LogP) is 1.29. The van der Waals surface area contributed by atoms with Crippen molar-refractivity contribution in [3.05, 3.63) is 16.6 Å². The van der Waals surface area contributed by atoms with Gasteiger partial charge in [-0.3, -0.25) is 0 Å². The zero-order chi connectivity index (χ0) is 10.4. The molecule has 0 amide bonds. The summed E-state index contributed by atoms with van der Waals surface area (Å²) in [5.41, 5.74) is 2.97. The van der Waals surface area contributed by atoms with Crippen LogP contribution < -0.4 is 5.32 Å². The van der Waals surface area contributed by atoms with Crippen molar-refractivity contribution >= 4 is 11.3 Å². The number of rotatable bonds is 6. The van der Waals surface area contributed by atoms with E-state index in [0.29, 0.717) is 0 Å². The van der Waals surface area contributed by atoms with E-state index in [4.69, 9.17) is 5.11 Å². The van der Waals surface area contributed by atoms with Crippen LogP contribution >= 0.6 is 11.3 Å². The minimum Gasteiger partial charge on any atom is -0.396 e. The van der Waals surface area contributed by atoms with E-state index >= 15 is 0 Å². The topological polar surface area (TPSA) is 45.1 Å². The summed E-state index contributed by atoms with van der Waals surface area (Å²) in [6, 6.07) is 0. The maximum absolute atomic E-state index is 9.03. The van der Waals surface area contributed by atoms with E-state index in [1.807, 2.05) is 19.4 Å². The fourth-order valence-corrected chi connectivity index (χ4v) is 1.65. The van der Waals surface area contributed by atoms with Gasteiger partial charge in [-0.25, -0.2) is 4.98 Å². The number of aliphatic hydroxyl groups is 1. The summed E-state index contributed by atoms with van der Waals surface area (Å²) in [5.74, 6) is 0. The molecule has 0 spiro atoms. The Bertz CT molecular complexity index is 247. The average molecular weight is 214 g/mol. The first-order valence-corrected chi connectivity index (χ1v) is 5.77. The lowest BCUT2D eigenvalue weighted by Gasteiger charge is -2.21. The van der Waals surface area contributed by atoms with Crippen LogP contribution in [0.5, 0.6) is 0 Å². The summed E-state index contributed by atoms with van der Waals surface area (Å²) in [5, 5.41) is 14.4. The van der Waals surface area contributed by atoms with Crippen LogP contribution in [0, 0.1) is 5.41 Å². The maximum atomic E-state index is 9.03. The van der Waals surface area contributed by atoms with Gasteiger partial charge in [0.05, 0.1) is 11.2 Å². The molecule has 0 aliphatic carbocycles. The van der Waals surface area contributed by atoms with E-state index < -0.39 is 0 Å². The summed E-state index contributed by atoms with van der Waals surface area (Å²) in [4.78, 5) is 4.20. The minimum atomic E-state index is -0.0257. The average Bonchev–Trinajstić information content (AvgIpc) is 2.65. The molecule has 0 bridgehead atoms. The Morgan fingerprint density at radius 1 is 1.57 bits per heavy atom. The van der Waals surface area contributed by atoms with Crippen LogP contribution in [-0.4, -0.2) is 29.8 Å². The van der Waals surface area contributed by atoms with Gasteiger partial charge in [-0.2, -0.15) is 0 Å². The molecule has 1 rings (SSSR count). The molecule has 0 atom stereocenters. The van der Waals surface area contributed by atoms with Crippen molar-refractivity contribution in [1.29, 1.82) is 0 Å². The molecule has 1 aromatic heterocycles. The first-order valence-electron chi connectivity index (χ1n) is 4.83. The fourth-order valence-electron chi connectivity index (χ4n) is 1.06. The smallest absolute Gasteiger partial charge is 0.0794 e.